The molecule has 1 aromatic heterocycles. The molecule has 20 heavy (non-hydrogen) atoms. The summed E-state index contributed by atoms with van der Waals surface area (Å²) in [6.45, 7) is 0. The number of nitrogens with zero attached hydrogens (tertiary/aromatic N) is 2. The summed E-state index contributed by atoms with van der Waals surface area (Å²) in [5, 5.41) is 1.25. The van der Waals surface area contributed by atoms with Crippen LogP contribution in [0.2, 0.25) is 5.15 Å². The van der Waals surface area contributed by atoms with Crippen LogP contribution in [0.15, 0.2) is 46.9 Å². The predicted octanol–water partition coefficient (Wildman–Crippen LogP) is 4.72. The Kier molecular flexibility index (Phi) is 3.59. The van der Waals surface area contributed by atoms with E-state index in [-0.39, 0.29) is 0 Å². The average molecular weight is 350 g/mol. The first-order chi connectivity index (χ1) is 9.69. The maximum absolute atomic E-state index is 6.27. The molecule has 0 spiro atoms. The van der Waals surface area contributed by atoms with Gasteiger partial charge in [-0.3, -0.25) is 0 Å². The second-order valence-electron chi connectivity index (χ2n) is 4.20. The minimum Gasteiger partial charge on any atom is -0.496 e. The van der Waals surface area contributed by atoms with Gasteiger partial charge in [0.15, 0.2) is 5.82 Å². The zero-order valence-corrected chi connectivity index (χ0v) is 12.9. The zero-order valence-electron chi connectivity index (χ0n) is 10.6. The van der Waals surface area contributed by atoms with Crippen molar-refractivity contribution < 1.29 is 4.74 Å². The third-order valence-electron chi connectivity index (χ3n) is 2.96. The summed E-state index contributed by atoms with van der Waals surface area (Å²) < 4.78 is 6.29. The fourth-order valence-electron chi connectivity index (χ4n) is 2.01. The maximum Gasteiger partial charge on any atom is 0.165 e. The molecule has 0 amide bonds. The first kappa shape index (κ1) is 13.3. The molecule has 0 aliphatic carbocycles. The number of hydrogen-bond acceptors (Lipinski definition) is 3. The van der Waals surface area contributed by atoms with Crippen LogP contribution in [-0.2, 0) is 0 Å². The van der Waals surface area contributed by atoms with Crippen LogP contribution in [0.25, 0.3) is 22.3 Å². The molecule has 0 bridgehead atoms. The number of methoxy groups -OCH3 is 1. The molecule has 100 valence electrons. The molecule has 0 aliphatic rings. The Morgan fingerprint density at radius 2 is 1.90 bits per heavy atom. The van der Waals surface area contributed by atoms with Crippen LogP contribution >= 0.6 is 27.5 Å². The summed E-state index contributed by atoms with van der Waals surface area (Å²) in [5.41, 5.74) is 1.62. The molecule has 0 saturated carbocycles. The molecule has 3 rings (SSSR count). The van der Waals surface area contributed by atoms with Crippen molar-refractivity contribution in [2.24, 2.45) is 0 Å². The van der Waals surface area contributed by atoms with Crippen LogP contribution in [0, 0.1) is 0 Å². The van der Waals surface area contributed by atoms with Gasteiger partial charge in [-0.2, -0.15) is 0 Å². The normalized spacial score (nSPS) is 10.8. The molecule has 0 radical (unpaired) electrons. The van der Waals surface area contributed by atoms with E-state index < -0.39 is 0 Å². The standard InChI is InChI=1S/C15H10BrClN2O/c1-20-13-5-3-2-4-10(13)15-18-12-7-6-9(16)8-11(12)14(17)19-15/h2-8H,1H3. The van der Waals surface area contributed by atoms with Crippen molar-refractivity contribution in [3.63, 3.8) is 0 Å². The van der Waals surface area contributed by atoms with Crippen molar-refractivity contribution in [2.45, 2.75) is 0 Å². The third-order valence-corrected chi connectivity index (χ3v) is 3.74. The molecule has 1 heterocycles. The van der Waals surface area contributed by atoms with Crippen molar-refractivity contribution in [1.82, 2.24) is 9.97 Å². The van der Waals surface area contributed by atoms with E-state index in [0.717, 1.165) is 26.7 Å². The highest BCUT2D eigenvalue weighted by molar-refractivity contribution is 9.10. The summed E-state index contributed by atoms with van der Waals surface area (Å²) in [4.78, 5) is 8.93. The minimum atomic E-state index is 0.428. The van der Waals surface area contributed by atoms with Gasteiger partial charge in [0, 0.05) is 9.86 Å². The smallest absolute Gasteiger partial charge is 0.165 e. The van der Waals surface area contributed by atoms with Gasteiger partial charge in [-0.1, -0.05) is 39.7 Å². The number of ether oxygens (including phenoxy) is 1. The largest absolute Gasteiger partial charge is 0.496 e. The van der Waals surface area contributed by atoms with Crippen molar-refractivity contribution >= 4 is 38.4 Å². The highest BCUT2D eigenvalue weighted by Gasteiger charge is 2.11. The van der Waals surface area contributed by atoms with Crippen LogP contribution in [0.5, 0.6) is 5.75 Å². The average Bonchev–Trinajstić information content (AvgIpc) is 2.47. The van der Waals surface area contributed by atoms with Crippen molar-refractivity contribution in [3.05, 3.63) is 52.1 Å². The van der Waals surface area contributed by atoms with Crippen LogP contribution in [0.3, 0.4) is 0 Å². The number of halogens is 2. The Labute approximate surface area is 129 Å². The van der Waals surface area contributed by atoms with Gasteiger partial charge in [0.05, 0.1) is 18.2 Å². The van der Waals surface area contributed by atoms with Gasteiger partial charge in [0.25, 0.3) is 0 Å². The van der Waals surface area contributed by atoms with E-state index in [2.05, 4.69) is 25.9 Å². The lowest BCUT2D eigenvalue weighted by atomic mass is 10.1. The lowest BCUT2D eigenvalue weighted by Crippen LogP contribution is -1.94. The lowest BCUT2D eigenvalue weighted by molar-refractivity contribution is 0.416. The molecule has 2 aromatic carbocycles. The number of hydrogen-bond donors (Lipinski definition) is 0. The fourth-order valence-corrected chi connectivity index (χ4v) is 2.61. The number of benzene rings is 2. The fraction of sp³-hybridized carbons (Fsp3) is 0.0667. The highest BCUT2D eigenvalue weighted by Crippen LogP contribution is 2.31. The summed E-state index contributed by atoms with van der Waals surface area (Å²) in [7, 11) is 1.62. The van der Waals surface area contributed by atoms with Crippen molar-refractivity contribution in [3.8, 4) is 17.1 Å². The van der Waals surface area contributed by atoms with Crippen molar-refractivity contribution in [2.75, 3.05) is 7.11 Å². The van der Waals surface area contributed by atoms with Crippen molar-refractivity contribution in [1.29, 1.82) is 0 Å². The molecule has 0 aliphatic heterocycles. The Hall–Kier alpha value is -1.65. The van der Waals surface area contributed by atoms with Gasteiger partial charge in [-0.25, -0.2) is 9.97 Å². The quantitative estimate of drug-likeness (QED) is 0.628. The molecule has 3 aromatic rings. The Bertz CT molecular complexity index is 792. The van der Waals surface area contributed by atoms with Gasteiger partial charge in [0.2, 0.25) is 0 Å². The summed E-state index contributed by atoms with van der Waals surface area (Å²) >= 11 is 9.69. The maximum atomic E-state index is 6.27. The lowest BCUT2D eigenvalue weighted by Gasteiger charge is -2.08. The molecular formula is C15H10BrClN2O. The van der Waals surface area contributed by atoms with Gasteiger partial charge in [-0.05, 0) is 30.3 Å². The van der Waals surface area contributed by atoms with Gasteiger partial charge < -0.3 is 4.74 Å². The third kappa shape index (κ3) is 2.37. The highest BCUT2D eigenvalue weighted by atomic mass is 79.9. The van der Waals surface area contributed by atoms with Crippen LogP contribution in [-0.4, -0.2) is 17.1 Å². The number of fused-ring (bicyclic) bond motifs is 1. The van der Waals surface area contributed by atoms with E-state index in [1.54, 1.807) is 7.11 Å². The van der Waals surface area contributed by atoms with Gasteiger partial charge in [-0.15, -0.1) is 0 Å². The first-order valence-electron chi connectivity index (χ1n) is 5.95. The van der Waals surface area contributed by atoms with E-state index in [0.29, 0.717) is 11.0 Å². The molecular weight excluding hydrogens is 340 g/mol. The molecule has 0 unspecified atom stereocenters. The van der Waals surface area contributed by atoms with Crippen LogP contribution in [0.4, 0.5) is 0 Å². The zero-order chi connectivity index (χ0) is 14.1. The molecule has 0 saturated heterocycles. The Balaban J connectivity index is 2.25. The predicted molar refractivity (Wildman–Crippen MR) is 84.2 cm³/mol. The van der Waals surface area contributed by atoms with Crippen LogP contribution in [0.1, 0.15) is 0 Å². The summed E-state index contributed by atoms with van der Waals surface area (Å²) in [6.07, 6.45) is 0. The first-order valence-corrected chi connectivity index (χ1v) is 7.12. The van der Waals surface area contributed by atoms with E-state index >= 15 is 0 Å². The molecule has 0 N–H and O–H groups in total. The summed E-state index contributed by atoms with van der Waals surface area (Å²) in [6, 6.07) is 13.4. The SMILES string of the molecule is COc1ccccc1-c1nc(Cl)c2cc(Br)ccc2n1. The minimum absolute atomic E-state index is 0.428. The van der Waals surface area contributed by atoms with Gasteiger partial charge in [0.1, 0.15) is 10.9 Å². The van der Waals surface area contributed by atoms with E-state index in [1.807, 2.05) is 42.5 Å². The Morgan fingerprint density at radius 3 is 2.70 bits per heavy atom. The molecule has 5 heteroatoms. The monoisotopic (exact) mass is 348 g/mol. The topological polar surface area (TPSA) is 35.0 Å². The second kappa shape index (κ2) is 5.38. The molecule has 0 fully saturated rings. The number of rotatable bonds is 2. The van der Waals surface area contributed by atoms with E-state index in [4.69, 9.17) is 16.3 Å². The van der Waals surface area contributed by atoms with Crippen LogP contribution < -0.4 is 4.74 Å². The molecule has 3 nitrogen and oxygen atoms in total. The van der Waals surface area contributed by atoms with Gasteiger partial charge >= 0.3 is 0 Å². The number of aromatic nitrogens is 2. The Morgan fingerprint density at radius 1 is 1.10 bits per heavy atom. The second-order valence-corrected chi connectivity index (χ2v) is 5.47. The van der Waals surface area contributed by atoms with E-state index in [1.165, 1.54) is 0 Å². The number of para-hydroxylation sites is 1. The van der Waals surface area contributed by atoms with E-state index in [9.17, 15) is 0 Å². The molecule has 0 atom stereocenters. The summed E-state index contributed by atoms with van der Waals surface area (Å²) in [5.74, 6) is 1.28.